The van der Waals surface area contributed by atoms with Crippen molar-refractivity contribution < 1.29 is 14.3 Å². The zero-order chi connectivity index (χ0) is 13.4. The first-order valence-electron chi connectivity index (χ1n) is 5.35. The van der Waals surface area contributed by atoms with E-state index in [1.807, 2.05) is 6.92 Å². The molecule has 18 heavy (non-hydrogen) atoms. The summed E-state index contributed by atoms with van der Waals surface area (Å²) in [6.07, 6.45) is 0.821. The van der Waals surface area contributed by atoms with Crippen molar-refractivity contribution in [2.24, 2.45) is 5.84 Å². The van der Waals surface area contributed by atoms with Gasteiger partial charge in [-0.15, -0.1) is 0 Å². The molecular weight excluding hydrogens is 240 g/mol. The summed E-state index contributed by atoms with van der Waals surface area (Å²) in [4.78, 5) is 22.7. The number of nitrogens with two attached hydrogens (primary N) is 1. The van der Waals surface area contributed by atoms with Gasteiger partial charge in [0.2, 0.25) is 11.9 Å². The number of rotatable bonds is 7. The Labute approximate surface area is 104 Å². The third-order valence-electron chi connectivity index (χ3n) is 1.80. The second kappa shape index (κ2) is 7.22. The summed E-state index contributed by atoms with van der Waals surface area (Å²) in [7, 11) is 1.29. The monoisotopic (exact) mass is 256 g/mol. The van der Waals surface area contributed by atoms with E-state index in [1.54, 1.807) is 0 Å². The summed E-state index contributed by atoms with van der Waals surface area (Å²) in [5.74, 6) is 5.10. The molecule has 0 saturated heterocycles. The second-order valence-electron chi connectivity index (χ2n) is 3.19. The van der Waals surface area contributed by atoms with Crippen LogP contribution in [0.15, 0.2) is 0 Å². The van der Waals surface area contributed by atoms with E-state index >= 15 is 0 Å². The Kier molecular flexibility index (Phi) is 5.58. The molecule has 9 heteroatoms. The average molecular weight is 256 g/mol. The van der Waals surface area contributed by atoms with Gasteiger partial charge in [0.25, 0.3) is 0 Å². The van der Waals surface area contributed by atoms with Crippen molar-refractivity contribution in [3.63, 3.8) is 0 Å². The molecule has 1 aromatic rings. The molecule has 1 aromatic heterocycles. The third kappa shape index (κ3) is 4.37. The molecule has 9 nitrogen and oxygen atoms in total. The highest BCUT2D eigenvalue weighted by Gasteiger charge is 2.08. The highest BCUT2D eigenvalue weighted by molar-refractivity contribution is 5.74. The lowest BCUT2D eigenvalue weighted by Crippen LogP contribution is -2.19. The summed E-state index contributed by atoms with van der Waals surface area (Å²) in [5, 5.41) is 2.67. The summed E-state index contributed by atoms with van der Waals surface area (Å²) < 4.78 is 9.74. The molecule has 0 bridgehead atoms. The minimum Gasteiger partial charge on any atom is -0.468 e. The number of aromatic nitrogens is 3. The van der Waals surface area contributed by atoms with Crippen LogP contribution in [0.25, 0.3) is 0 Å². The molecule has 0 aliphatic carbocycles. The molecule has 0 saturated carbocycles. The predicted octanol–water partition coefficient (Wildman–Crippen LogP) is -0.469. The van der Waals surface area contributed by atoms with Gasteiger partial charge < -0.3 is 14.8 Å². The Bertz CT molecular complexity index is 400. The van der Waals surface area contributed by atoms with Crippen molar-refractivity contribution in [1.29, 1.82) is 0 Å². The van der Waals surface area contributed by atoms with Crippen LogP contribution in [0.3, 0.4) is 0 Å². The molecule has 0 atom stereocenters. The molecule has 0 amide bonds. The number of esters is 1. The van der Waals surface area contributed by atoms with E-state index in [4.69, 9.17) is 10.6 Å². The molecule has 1 heterocycles. The molecule has 0 aromatic carbocycles. The van der Waals surface area contributed by atoms with Gasteiger partial charge in [-0.1, -0.05) is 6.92 Å². The highest BCUT2D eigenvalue weighted by Crippen LogP contribution is 2.10. The molecule has 0 spiro atoms. The molecular formula is C9H16N6O3. The third-order valence-corrected chi connectivity index (χ3v) is 1.80. The number of hydrogen-bond donors (Lipinski definition) is 3. The van der Waals surface area contributed by atoms with Gasteiger partial charge in [0.05, 0.1) is 13.7 Å². The van der Waals surface area contributed by atoms with Crippen LogP contribution in [0.4, 0.5) is 11.9 Å². The maximum Gasteiger partial charge on any atom is 0.325 e. The minimum absolute atomic E-state index is 0.0578. The van der Waals surface area contributed by atoms with Crippen LogP contribution in [0.5, 0.6) is 6.01 Å². The largest absolute Gasteiger partial charge is 0.468 e. The maximum absolute atomic E-state index is 11.0. The average Bonchev–Trinajstić information content (AvgIpc) is 2.42. The Hall–Kier alpha value is -2.16. The SMILES string of the molecule is CCCOc1nc(NN)nc(NCC(=O)OC)n1. The van der Waals surface area contributed by atoms with E-state index < -0.39 is 5.97 Å². The molecule has 0 unspecified atom stereocenters. The van der Waals surface area contributed by atoms with Crippen LogP contribution < -0.4 is 21.3 Å². The maximum atomic E-state index is 11.0. The minimum atomic E-state index is -0.436. The lowest BCUT2D eigenvalue weighted by molar-refractivity contribution is -0.138. The van der Waals surface area contributed by atoms with Crippen LogP contribution in [-0.2, 0) is 9.53 Å². The molecule has 4 N–H and O–H groups in total. The fourth-order valence-corrected chi connectivity index (χ4v) is 0.981. The van der Waals surface area contributed by atoms with Crippen molar-refractivity contribution in [3.8, 4) is 6.01 Å². The summed E-state index contributed by atoms with van der Waals surface area (Å²) in [5.41, 5.74) is 2.29. The number of nitrogens with one attached hydrogen (secondary N) is 2. The van der Waals surface area contributed by atoms with Crippen LogP contribution in [0.1, 0.15) is 13.3 Å². The zero-order valence-electron chi connectivity index (χ0n) is 10.3. The fraction of sp³-hybridized carbons (Fsp3) is 0.556. The lowest BCUT2D eigenvalue weighted by atomic mass is 10.5. The quantitative estimate of drug-likeness (QED) is 0.337. The Morgan fingerprint density at radius 1 is 1.33 bits per heavy atom. The Balaban J connectivity index is 2.73. The van der Waals surface area contributed by atoms with Gasteiger partial charge in [0.15, 0.2) is 0 Å². The number of hydrogen-bond acceptors (Lipinski definition) is 9. The van der Waals surface area contributed by atoms with Crippen LogP contribution in [0, 0.1) is 0 Å². The number of anilines is 2. The number of methoxy groups -OCH3 is 1. The van der Waals surface area contributed by atoms with Gasteiger partial charge in [-0.25, -0.2) is 5.84 Å². The van der Waals surface area contributed by atoms with Gasteiger partial charge in [-0.2, -0.15) is 15.0 Å². The highest BCUT2D eigenvalue weighted by atomic mass is 16.5. The van der Waals surface area contributed by atoms with E-state index in [9.17, 15) is 4.79 Å². The van der Waals surface area contributed by atoms with Gasteiger partial charge in [-0.05, 0) is 6.42 Å². The Morgan fingerprint density at radius 3 is 2.67 bits per heavy atom. The standard InChI is InChI=1S/C9H16N6O3/c1-3-4-18-9-13-7(11-5-6(16)17-2)12-8(14-9)15-10/h3-5,10H2,1-2H3,(H2,11,12,13,14,15). The number of carbonyl (C=O) groups is 1. The van der Waals surface area contributed by atoms with Gasteiger partial charge in [0.1, 0.15) is 6.54 Å². The van der Waals surface area contributed by atoms with E-state index in [-0.39, 0.29) is 24.5 Å². The lowest BCUT2D eigenvalue weighted by Gasteiger charge is -2.08. The summed E-state index contributed by atoms with van der Waals surface area (Å²) in [6.45, 7) is 2.38. The summed E-state index contributed by atoms with van der Waals surface area (Å²) in [6, 6.07) is 0.132. The smallest absolute Gasteiger partial charge is 0.325 e. The first kappa shape index (κ1) is 13.9. The molecule has 0 fully saturated rings. The molecule has 0 radical (unpaired) electrons. The Morgan fingerprint density at radius 2 is 2.06 bits per heavy atom. The van der Waals surface area contributed by atoms with Gasteiger partial charge >= 0.3 is 12.0 Å². The number of nitrogen functional groups attached to an aromatic ring is 1. The van der Waals surface area contributed by atoms with Crippen molar-refractivity contribution in [2.45, 2.75) is 13.3 Å². The van der Waals surface area contributed by atoms with Gasteiger partial charge in [-0.3, -0.25) is 10.2 Å². The van der Waals surface area contributed by atoms with Crippen molar-refractivity contribution >= 4 is 17.9 Å². The molecule has 0 aliphatic rings. The van der Waals surface area contributed by atoms with Crippen molar-refractivity contribution in [3.05, 3.63) is 0 Å². The zero-order valence-corrected chi connectivity index (χ0v) is 10.3. The molecule has 100 valence electrons. The number of ether oxygens (including phenoxy) is 2. The summed E-state index contributed by atoms with van der Waals surface area (Å²) >= 11 is 0. The van der Waals surface area contributed by atoms with E-state index in [0.29, 0.717) is 6.61 Å². The second-order valence-corrected chi connectivity index (χ2v) is 3.19. The van der Waals surface area contributed by atoms with E-state index in [0.717, 1.165) is 6.42 Å². The molecule has 1 rings (SSSR count). The topological polar surface area (TPSA) is 124 Å². The number of hydrazine groups is 1. The van der Waals surface area contributed by atoms with Crippen molar-refractivity contribution in [2.75, 3.05) is 31.0 Å². The van der Waals surface area contributed by atoms with Gasteiger partial charge in [0, 0.05) is 0 Å². The first-order chi connectivity index (χ1) is 8.69. The van der Waals surface area contributed by atoms with E-state index in [1.165, 1.54) is 7.11 Å². The fourth-order valence-electron chi connectivity index (χ4n) is 0.981. The van der Waals surface area contributed by atoms with Crippen molar-refractivity contribution in [1.82, 2.24) is 15.0 Å². The number of carbonyl (C=O) groups excluding carboxylic acids is 1. The van der Waals surface area contributed by atoms with Crippen LogP contribution in [-0.4, -0.2) is 41.2 Å². The van der Waals surface area contributed by atoms with Crippen LogP contribution in [0.2, 0.25) is 0 Å². The normalized spacial score (nSPS) is 9.72. The first-order valence-corrected chi connectivity index (χ1v) is 5.35. The molecule has 0 aliphatic heterocycles. The predicted molar refractivity (Wildman–Crippen MR) is 63.9 cm³/mol. The number of nitrogens with zero attached hydrogens (tertiary/aromatic N) is 3. The van der Waals surface area contributed by atoms with E-state index in [2.05, 4.69) is 30.4 Å². The van der Waals surface area contributed by atoms with Crippen LogP contribution >= 0.6 is 0 Å².